The number of aromatic nitrogens is 1. The molecule has 0 atom stereocenters. The topological polar surface area (TPSA) is 65.2 Å². The van der Waals surface area contributed by atoms with E-state index in [1.807, 2.05) is 0 Å². The van der Waals surface area contributed by atoms with Crippen molar-refractivity contribution in [3.05, 3.63) is 34.2 Å². The van der Waals surface area contributed by atoms with E-state index in [1.165, 1.54) is 18.5 Å². The number of hydrogen-bond donors (Lipinski definition) is 2. The molecule has 106 valence electrons. The zero-order chi connectivity index (χ0) is 14.4. The average Bonchev–Trinajstić information content (AvgIpc) is 2.33. The standard InChI is InChI=1S/C14H23N3O2/c1-10(2)17(11(3)4)8-7-16-14(19)12-9-15-6-5-13(12)18/h5-6,9-11H,7-8H2,1-4H3,(H,15,18)(H,16,19). The summed E-state index contributed by atoms with van der Waals surface area (Å²) in [7, 11) is 0. The molecule has 1 heterocycles. The molecule has 0 unspecified atom stereocenters. The molecule has 0 aliphatic carbocycles. The lowest BCUT2D eigenvalue weighted by Gasteiger charge is -2.30. The number of hydrogen-bond acceptors (Lipinski definition) is 3. The lowest BCUT2D eigenvalue weighted by molar-refractivity contribution is 0.0938. The van der Waals surface area contributed by atoms with Crippen molar-refractivity contribution in [3.63, 3.8) is 0 Å². The number of carbonyl (C=O) groups is 1. The Kier molecular flexibility index (Phi) is 5.76. The highest BCUT2D eigenvalue weighted by atomic mass is 16.2. The van der Waals surface area contributed by atoms with E-state index < -0.39 is 0 Å². The molecular formula is C14H23N3O2. The number of aromatic amines is 1. The van der Waals surface area contributed by atoms with Crippen LogP contribution in [-0.2, 0) is 0 Å². The van der Waals surface area contributed by atoms with Gasteiger partial charge in [0.15, 0.2) is 5.43 Å². The van der Waals surface area contributed by atoms with Crippen LogP contribution in [0.2, 0.25) is 0 Å². The minimum atomic E-state index is -0.325. The highest BCUT2D eigenvalue weighted by Crippen LogP contribution is 2.03. The van der Waals surface area contributed by atoms with Crippen LogP contribution in [0.4, 0.5) is 0 Å². The number of H-pyrrole nitrogens is 1. The van der Waals surface area contributed by atoms with Crippen LogP contribution < -0.4 is 10.7 Å². The first-order chi connectivity index (χ1) is 8.93. The highest BCUT2D eigenvalue weighted by molar-refractivity contribution is 5.93. The fraction of sp³-hybridized carbons (Fsp3) is 0.571. The Labute approximate surface area is 114 Å². The van der Waals surface area contributed by atoms with Crippen molar-refractivity contribution in [1.82, 2.24) is 15.2 Å². The third-order valence-corrected chi connectivity index (χ3v) is 3.05. The molecule has 0 aromatic carbocycles. The lowest BCUT2D eigenvalue weighted by atomic mass is 10.2. The van der Waals surface area contributed by atoms with E-state index in [0.29, 0.717) is 18.6 Å². The van der Waals surface area contributed by atoms with E-state index in [4.69, 9.17) is 0 Å². The number of carbonyl (C=O) groups excluding carboxylic acids is 1. The summed E-state index contributed by atoms with van der Waals surface area (Å²) in [5, 5.41) is 2.78. The predicted molar refractivity (Wildman–Crippen MR) is 76.4 cm³/mol. The fourth-order valence-corrected chi connectivity index (χ4v) is 2.10. The quantitative estimate of drug-likeness (QED) is 0.813. The van der Waals surface area contributed by atoms with E-state index in [-0.39, 0.29) is 16.9 Å². The molecule has 0 saturated heterocycles. The molecule has 2 N–H and O–H groups in total. The van der Waals surface area contributed by atoms with Crippen LogP contribution in [0.1, 0.15) is 38.1 Å². The van der Waals surface area contributed by atoms with Crippen molar-refractivity contribution in [2.75, 3.05) is 13.1 Å². The van der Waals surface area contributed by atoms with Gasteiger partial charge in [0.05, 0.1) is 0 Å². The van der Waals surface area contributed by atoms with Crippen LogP contribution in [0.3, 0.4) is 0 Å². The highest BCUT2D eigenvalue weighted by Gasteiger charge is 2.14. The van der Waals surface area contributed by atoms with Crippen LogP contribution in [0.5, 0.6) is 0 Å². The van der Waals surface area contributed by atoms with Crippen LogP contribution in [0.25, 0.3) is 0 Å². The van der Waals surface area contributed by atoms with Crippen molar-refractivity contribution in [2.24, 2.45) is 0 Å². The Morgan fingerprint density at radius 3 is 2.47 bits per heavy atom. The second-order valence-electron chi connectivity index (χ2n) is 5.10. The summed E-state index contributed by atoms with van der Waals surface area (Å²) < 4.78 is 0. The molecule has 0 fully saturated rings. The maximum atomic E-state index is 11.8. The lowest BCUT2D eigenvalue weighted by Crippen LogP contribution is -2.43. The molecule has 0 spiro atoms. The Bertz CT molecular complexity index is 458. The van der Waals surface area contributed by atoms with E-state index >= 15 is 0 Å². The molecule has 1 aromatic rings. The summed E-state index contributed by atoms with van der Waals surface area (Å²) >= 11 is 0. The van der Waals surface area contributed by atoms with Gasteiger partial charge >= 0.3 is 0 Å². The zero-order valence-corrected chi connectivity index (χ0v) is 12.1. The first kappa shape index (κ1) is 15.4. The number of amides is 1. The SMILES string of the molecule is CC(C)N(CCNC(=O)c1c[nH]ccc1=O)C(C)C. The Balaban J connectivity index is 2.52. The molecule has 1 rings (SSSR count). The summed E-state index contributed by atoms with van der Waals surface area (Å²) in [5.74, 6) is -0.325. The van der Waals surface area contributed by atoms with Crippen LogP contribution in [0, 0.1) is 0 Å². The molecule has 0 radical (unpaired) electrons. The van der Waals surface area contributed by atoms with Crippen molar-refractivity contribution < 1.29 is 4.79 Å². The maximum Gasteiger partial charge on any atom is 0.256 e. The first-order valence-corrected chi connectivity index (χ1v) is 6.64. The van der Waals surface area contributed by atoms with E-state index in [9.17, 15) is 9.59 Å². The largest absolute Gasteiger partial charge is 0.367 e. The monoisotopic (exact) mass is 265 g/mol. The minimum absolute atomic E-state index is 0.156. The summed E-state index contributed by atoms with van der Waals surface area (Å²) in [6.45, 7) is 9.82. The third-order valence-electron chi connectivity index (χ3n) is 3.05. The minimum Gasteiger partial charge on any atom is -0.367 e. The zero-order valence-electron chi connectivity index (χ0n) is 12.1. The molecule has 1 amide bonds. The molecular weight excluding hydrogens is 242 g/mol. The number of nitrogens with one attached hydrogen (secondary N) is 2. The number of nitrogens with zero attached hydrogens (tertiary/aromatic N) is 1. The van der Waals surface area contributed by atoms with Gasteiger partial charge in [-0.1, -0.05) is 0 Å². The molecule has 0 bridgehead atoms. The van der Waals surface area contributed by atoms with Crippen molar-refractivity contribution >= 4 is 5.91 Å². The average molecular weight is 265 g/mol. The molecule has 0 saturated carbocycles. The summed E-state index contributed by atoms with van der Waals surface area (Å²) in [6, 6.07) is 2.21. The van der Waals surface area contributed by atoms with Gasteiger partial charge in [0, 0.05) is 43.6 Å². The predicted octanol–water partition coefficient (Wildman–Crippen LogP) is 1.22. The van der Waals surface area contributed by atoms with E-state index in [0.717, 1.165) is 6.54 Å². The Morgan fingerprint density at radius 2 is 1.95 bits per heavy atom. The van der Waals surface area contributed by atoms with Gasteiger partial charge in [0.1, 0.15) is 5.56 Å². The fourth-order valence-electron chi connectivity index (χ4n) is 2.10. The van der Waals surface area contributed by atoms with E-state index in [2.05, 4.69) is 42.9 Å². The van der Waals surface area contributed by atoms with Gasteiger partial charge in [0.2, 0.25) is 0 Å². The first-order valence-electron chi connectivity index (χ1n) is 6.64. The second kappa shape index (κ2) is 7.09. The molecule has 5 heteroatoms. The number of pyridine rings is 1. The summed E-state index contributed by atoms with van der Waals surface area (Å²) in [5.41, 5.74) is -0.107. The van der Waals surface area contributed by atoms with Crippen molar-refractivity contribution in [3.8, 4) is 0 Å². The molecule has 0 aliphatic rings. The van der Waals surface area contributed by atoms with E-state index in [1.54, 1.807) is 0 Å². The normalized spacial score (nSPS) is 11.3. The van der Waals surface area contributed by atoms with Gasteiger partial charge in [-0.25, -0.2) is 0 Å². The third kappa shape index (κ3) is 4.52. The molecule has 19 heavy (non-hydrogen) atoms. The Morgan fingerprint density at radius 1 is 1.32 bits per heavy atom. The molecule has 1 aromatic heterocycles. The van der Waals surface area contributed by atoms with Gasteiger partial charge in [-0.05, 0) is 27.7 Å². The van der Waals surface area contributed by atoms with Gasteiger partial charge in [-0.2, -0.15) is 0 Å². The molecule has 5 nitrogen and oxygen atoms in total. The van der Waals surface area contributed by atoms with Gasteiger partial charge in [0.25, 0.3) is 5.91 Å². The van der Waals surface area contributed by atoms with Crippen LogP contribution >= 0.6 is 0 Å². The van der Waals surface area contributed by atoms with Crippen molar-refractivity contribution in [2.45, 2.75) is 39.8 Å². The summed E-state index contributed by atoms with van der Waals surface area (Å²) in [4.78, 5) is 28.4. The Hall–Kier alpha value is -1.62. The smallest absolute Gasteiger partial charge is 0.256 e. The van der Waals surface area contributed by atoms with Gasteiger partial charge in [-0.3, -0.25) is 14.5 Å². The van der Waals surface area contributed by atoms with Gasteiger partial charge in [-0.15, -0.1) is 0 Å². The van der Waals surface area contributed by atoms with Crippen molar-refractivity contribution in [1.29, 1.82) is 0 Å². The van der Waals surface area contributed by atoms with Crippen LogP contribution in [0.15, 0.2) is 23.3 Å². The maximum absolute atomic E-state index is 11.8. The molecule has 0 aliphatic heterocycles. The summed E-state index contributed by atoms with van der Waals surface area (Å²) in [6.07, 6.45) is 2.94. The number of rotatable bonds is 6. The second-order valence-corrected chi connectivity index (χ2v) is 5.10. The van der Waals surface area contributed by atoms with Crippen LogP contribution in [-0.4, -0.2) is 41.0 Å². The van der Waals surface area contributed by atoms with Gasteiger partial charge < -0.3 is 10.3 Å².